The van der Waals surface area contributed by atoms with Gasteiger partial charge in [0.1, 0.15) is 5.75 Å². The lowest BCUT2D eigenvalue weighted by molar-refractivity contribution is -0.137. The van der Waals surface area contributed by atoms with E-state index in [4.69, 9.17) is 10.5 Å². The number of nitrogens with two attached hydrogens (primary N) is 1. The van der Waals surface area contributed by atoms with E-state index in [1.165, 1.54) is 69.9 Å². The highest BCUT2D eigenvalue weighted by Gasteiger charge is 2.30. The van der Waals surface area contributed by atoms with Crippen LogP contribution in [-0.4, -0.2) is 6.61 Å². The van der Waals surface area contributed by atoms with Gasteiger partial charge in [-0.3, -0.25) is 0 Å². The van der Waals surface area contributed by atoms with Gasteiger partial charge in [0.05, 0.1) is 12.2 Å². The second-order valence-corrected chi connectivity index (χ2v) is 9.73. The number of unbranched alkanes of at least 4 members (excludes halogenated alkanes) is 9. The Balaban J connectivity index is 1.51. The van der Waals surface area contributed by atoms with E-state index in [1.807, 2.05) is 24.3 Å². The van der Waals surface area contributed by atoms with E-state index in [0.717, 1.165) is 40.6 Å². The third-order valence-electron chi connectivity index (χ3n) is 6.84. The fraction of sp³-hybridized carbons (Fsp3) is 0.484. The first-order valence-electron chi connectivity index (χ1n) is 13.5. The van der Waals surface area contributed by atoms with Crippen LogP contribution in [0.15, 0.2) is 60.7 Å². The number of ether oxygens (including phenoxy) is 1. The van der Waals surface area contributed by atoms with Gasteiger partial charge < -0.3 is 10.5 Å². The lowest BCUT2D eigenvalue weighted by atomic mass is 9.94. The largest absolute Gasteiger partial charge is 0.493 e. The van der Waals surface area contributed by atoms with Crippen LogP contribution in [-0.2, 0) is 12.6 Å². The summed E-state index contributed by atoms with van der Waals surface area (Å²) in [7, 11) is 0. The normalized spacial score (nSPS) is 12.7. The quantitative estimate of drug-likeness (QED) is 0.211. The number of hydrogen-bond donors (Lipinski definition) is 1. The first-order valence-corrected chi connectivity index (χ1v) is 13.5. The monoisotopic (exact) mass is 499 g/mol. The molecule has 0 aliphatic carbocycles. The van der Waals surface area contributed by atoms with Crippen LogP contribution < -0.4 is 10.5 Å². The summed E-state index contributed by atoms with van der Waals surface area (Å²) in [5.41, 5.74) is 7.47. The van der Waals surface area contributed by atoms with Crippen molar-refractivity contribution in [2.45, 2.75) is 89.8 Å². The summed E-state index contributed by atoms with van der Waals surface area (Å²) in [5, 5.41) is 2.11. The molecule has 0 saturated heterocycles. The van der Waals surface area contributed by atoms with E-state index < -0.39 is 17.8 Å². The standard InChI is InChI=1S/C31H40F3NO/c1-2-3-4-5-6-7-8-9-10-13-22-36-30-21-18-25(27-14-11-12-15-28(27)30)23-29(35)24-16-19-26(20-17-24)31(32,33)34/h11-12,14-21,29H,2-10,13,22-23,35H2,1H3. The third-order valence-corrected chi connectivity index (χ3v) is 6.84. The minimum atomic E-state index is -4.34. The van der Waals surface area contributed by atoms with Crippen LogP contribution in [0.25, 0.3) is 10.8 Å². The second-order valence-electron chi connectivity index (χ2n) is 9.73. The first-order chi connectivity index (χ1) is 17.4. The molecule has 3 aromatic carbocycles. The van der Waals surface area contributed by atoms with Gasteiger partial charge in [-0.25, -0.2) is 0 Å². The molecule has 36 heavy (non-hydrogen) atoms. The van der Waals surface area contributed by atoms with Crippen molar-refractivity contribution in [3.05, 3.63) is 77.4 Å². The fourth-order valence-corrected chi connectivity index (χ4v) is 4.68. The zero-order valence-electron chi connectivity index (χ0n) is 21.5. The maximum absolute atomic E-state index is 12.9. The van der Waals surface area contributed by atoms with E-state index in [9.17, 15) is 13.2 Å². The lowest BCUT2D eigenvalue weighted by Gasteiger charge is -2.17. The number of benzene rings is 3. The predicted molar refractivity (Wildman–Crippen MR) is 143 cm³/mol. The summed E-state index contributed by atoms with van der Waals surface area (Å²) in [6.07, 6.45) is 9.09. The molecular weight excluding hydrogens is 459 g/mol. The minimum Gasteiger partial charge on any atom is -0.493 e. The van der Waals surface area contributed by atoms with E-state index in [0.29, 0.717) is 18.6 Å². The molecule has 2 nitrogen and oxygen atoms in total. The Morgan fingerprint density at radius 1 is 0.722 bits per heavy atom. The zero-order chi connectivity index (χ0) is 25.8. The Morgan fingerprint density at radius 2 is 1.31 bits per heavy atom. The van der Waals surface area contributed by atoms with E-state index in [2.05, 4.69) is 19.1 Å². The maximum Gasteiger partial charge on any atom is 0.416 e. The highest BCUT2D eigenvalue weighted by molar-refractivity contribution is 5.91. The van der Waals surface area contributed by atoms with Crippen LogP contribution in [0.4, 0.5) is 13.2 Å². The van der Waals surface area contributed by atoms with E-state index in [1.54, 1.807) is 0 Å². The number of alkyl halides is 3. The molecule has 196 valence electrons. The molecule has 3 aromatic rings. The molecule has 0 spiro atoms. The Kier molecular flexibility index (Phi) is 11.1. The number of rotatable bonds is 15. The van der Waals surface area contributed by atoms with Crippen molar-refractivity contribution in [2.24, 2.45) is 5.73 Å². The van der Waals surface area contributed by atoms with E-state index in [-0.39, 0.29) is 0 Å². The minimum absolute atomic E-state index is 0.394. The number of fused-ring (bicyclic) bond motifs is 1. The summed E-state index contributed by atoms with van der Waals surface area (Å²) in [6, 6.07) is 16.8. The van der Waals surface area contributed by atoms with Crippen LogP contribution in [0.3, 0.4) is 0 Å². The number of halogens is 3. The zero-order valence-corrected chi connectivity index (χ0v) is 21.5. The highest BCUT2D eigenvalue weighted by atomic mass is 19.4. The van der Waals surface area contributed by atoms with Gasteiger partial charge >= 0.3 is 6.18 Å². The SMILES string of the molecule is CCCCCCCCCCCCOc1ccc(CC(N)c2ccc(C(F)(F)F)cc2)c2ccccc12. The average molecular weight is 500 g/mol. The molecule has 0 heterocycles. The van der Waals surface area contributed by atoms with Gasteiger partial charge in [-0.05, 0) is 47.6 Å². The van der Waals surface area contributed by atoms with Gasteiger partial charge in [0.25, 0.3) is 0 Å². The Labute approximate surface area is 214 Å². The topological polar surface area (TPSA) is 35.2 Å². The lowest BCUT2D eigenvalue weighted by Crippen LogP contribution is -2.14. The molecule has 5 heteroatoms. The van der Waals surface area contributed by atoms with Gasteiger partial charge in [-0.2, -0.15) is 13.2 Å². The van der Waals surface area contributed by atoms with Crippen LogP contribution in [0.2, 0.25) is 0 Å². The van der Waals surface area contributed by atoms with Gasteiger partial charge in [0, 0.05) is 11.4 Å². The summed E-state index contributed by atoms with van der Waals surface area (Å²) < 4.78 is 44.7. The molecule has 0 aromatic heterocycles. The van der Waals surface area contributed by atoms with Crippen LogP contribution >= 0.6 is 0 Å². The van der Waals surface area contributed by atoms with Crippen LogP contribution in [0.1, 0.15) is 93.9 Å². The molecule has 0 bridgehead atoms. The molecule has 0 aliphatic heterocycles. The third kappa shape index (κ3) is 8.55. The molecule has 0 saturated carbocycles. The van der Waals surface area contributed by atoms with E-state index >= 15 is 0 Å². The van der Waals surface area contributed by atoms with Gasteiger partial charge in [-0.15, -0.1) is 0 Å². The highest BCUT2D eigenvalue weighted by Crippen LogP contribution is 2.32. The smallest absolute Gasteiger partial charge is 0.416 e. The summed E-state index contributed by atoms with van der Waals surface area (Å²) in [6.45, 7) is 2.95. The van der Waals surface area contributed by atoms with Crippen molar-refractivity contribution in [3.63, 3.8) is 0 Å². The molecule has 1 unspecified atom stereocenters. The van der Waals surface area contributed by atoms with Crippen molar-refractivity contribution >= 4 is 10.8 Å². The Morgan fingerprint density at radius 3 is 1.92 bits per heavy atom. The maximum atomic E-state index is 12.9. The molecule has 3 rings (SSSR count). The molecule has 1 atom stereocenters. The molecular formula is C31H40F3NO. The van der Waals surface area contributed by atoms with Gasteiger partial charge in [0.2, 0.25) is 0 Å². The summed E-state index contributed by atoms with van der Waals surface area (Å²) >= 11 is 0. The Hall–Kier alpha value is -2.53. The second kappa shape index (κ2) is 14.3. The molecule has 0 aliphatic rings. The predicted octanol–water partition coefficient (Wildman–Crippen LogP) is 9.40. The molecule has 2 N–H and O–H groups in total. The summed E-state index contributed by atoms with van der Waals surface area (Å²) in [5.74, 6) is 0.869. The van der Waals surface area contributed by atoms with Crippen molar-refractivity contribution in [1.29, 1.82) is 0 Å². The van der Waals surface area contributed by atoms with Gasteiger partial charge in [0.15, 0.2) is 0 Å². The fourth-order valence-electron chi connectivity index (χ4n) is 4.68. The molecule has 0 radical (unpaired) electrons. The van der Waals surface area contributed by atoms with Crippen molar-refractivity contribution in [3.8, 4) is 5.75 Å². The van der Waals surface area contributed by atoms with Gasteiger partial charge in [-0.1, -0.05) is 107 Å². The van der Waals surface area contributed by atoms with Crippen molar-refractivity contribution in [1.82, 2.24) is 0 Å². The van der Waals surface area contributed by atoms with Crippen molar-refractivity contribution in [2.75, 3.05) is 6.61 Å². The first kappa shape index (κ1) is 28.0. The average Bonchev–Trinajstić information content (AvgIpc) is 2.88. The Bertz CT molecular complexity index is 1050. The molecule has 0 fully saturated rings. The van der Waals surface area contributed by atoms with Crippen LogP contribution in [0, 0.1) is 0 Å². The summed E-state index contributed by atoms with van der Waals surface area (Å²) in [4.78, 5) is 0. The number of hydrogen-bond acceptors (Lipinski definition) is 2. The van der Waals surface area contributed by atoms with Crippen LogP contribution in [0.5, 0.6) is 5.75 Å². The van der Waals surface area contributed by atoms with Crippen molar-refractivity contribution < 1.29 is 17.9 Å². The molecule has 0 amide bonds.